The molecule has 4 N–H and O–H groups in total. The molecule has 2 aromatic carbocycles. The second kappa shape index (κ2) is 7.36. The van der Waals surface area contributed by atoms with E-state index in [-0.39, 0.29) is 6.61 Å². The number of rotatable bonds is 4. The number of aliphatic hydroxyl groups excluding tert-OH is 4. The maximum absolute atomic E-state index is 10.7. The van der Waals surface area contributed by atoms with Crippen molar-refractivity contribution in [1.82, 2.24) is 0 Å². The minimum Gasteiger partial charge on any atom is -0.393 e. The summed E-state index contributed by atoms with van der Waals surface area (Å²) in [5, 5.41) is 52.0. The van der Waals surface area contributed by atoms with Crippen molar-refractivity contribution < 1.29 is 29.9 Å². The molecule has 0 spiro atoms. The summed E-state index contributed by atoms with van der Waals surface area (Å²) in [6.45, 7) is -0.769. The van der Waals surface area contributed by atoms with E-state index in [1.165, 1.54) is 0 Å². The van der Waals surface area contributed by atoms with E-state index in [9.17, 15) is 25.7 Å². The molecule has 1 aromatic heterocycles. The van der Waals surface area contributed by atoms with Crippen LogP contribution in [0.5, 0.6) is 0 Å². The van der Waals surface area contributed by atoms with E-state index in [1.54, 1.807) is 29.5 Å². The van der Waals surface area contributed by atoms with Gasteiger partial charge in [-0.2, -0.15) is 5.26 Å². The number of fused-ring (bicyclic) bond motifs is 3. The first-order chi connectivity index (χ1) is 14.9. The number of hydrogen-bond donors (Lipinski definition) is 4. The molecule has 2 aliphatic rings. The summed E-state index contributed by atoms with van der Waals surface area (Å²) in [6.07, 6.45) is -4.14. The molecule has 5 atom stereocenters. The molecule has 2 aliphatic heterocycles. The van der Waals surface area contributed by atoms with Crippen LogP contribution in [0.3, 0.4) is 0 Å². The molecular formula is C23H21NO6S. The van der Waals surface area contributed by atoms with Crippen LogP contribution in [0.15, 0.2) is 48.5 Å². The average Bonchev–Trinajstić information content (AvgIpc) is 3.38. The topological polar surface area (TPSA) is 123 Å². The zero-order valence-electron chi connectivity index (χ0n) is 16.4. The Bertz CT molecular complexity index is 1160. The number of hydrogen-bond acceptors (Lipinski definition) is 8. The van der Waals surface area contributed by atoms with Gasteiger partial charge in [0.2, 0.25) is 5.79 Å². The maximum Gasteiger partial charge on any atom is 0.225 e. The van der Waals surface area contributed by atoms with Crippen molar-refractivity contribution in [2.75, 3.05) is 13.2 Å². The molecule has 0 amide bonds. The van der Waals surface area contributed by atoms with Gasteiger partial charge in [-0.05, 0) is 35.2 Å². The van der Waals surface area contributed by atoms with Gasteiger partial charge in [0.15, 0.2) is 0 Å². The fraction of sp³-hybridized carbons (Fsp3) is 0.348. The Morgan fingerprint density at radius 1 is 1.10 bits per heavy atom. The SMILES string of the molecule is N#Cc1ccc([C@]23OC[C@](CO)(O2)[C@@H](O)[C@H](O)[C@H]3O)cc1Cc1cc2ccccc2s1. The number of thiophene rings is 1. The summed E-state index contributed by atoms with van der Waals surface area (Å²) in [5.74, 6) is -1.75. The van der Waals surface area contributed by atoms with Crippen LogP contribution in [0.2, 0.25) is 0 Å². The van der Waals surface area contributed by atoms with E-state index in [0.29, 0.717) is 17.5 Å². The minimum absolute atomic E-state index is 0.190. The van der Waals surface area contributed by atoms with Gasteiger partial charge in [0, 0.05) is 21.6 Å². The predicted octanol–water partition coefficient (Wildman–Crippen LogP) is 1.39. The van der Waals surface area contributed by atoms with Crippen LogP contribution in [0.1, 0.15) is 21.6 Å². The number of ether oxygens (including phenoxy) is 2. The lowest BCUT2D eigenvalue weighted by molar-refractivity contribution is -0.329. The number of nitriles is 1. The third kappa shape index (κ3) is 3.02. The molecule has 8 heteroatoms. The number of benzene rings is 2. The first-order valence-corrected chi connectivity index (χ1v) is 10.7. The van der Waals surface area contributed by atoms with Gasteiger partial charge in [0.05, 0.1) is 24.8 Å². The van der Waals surface area contributed by atoms with E-state index in [2.05, 4.69) is 12.1 Å². The van der Waals surface area contributed by atoms with Crippen molar-refractivity contribution in [2.45, 2.75) is 36.1 Å². The normalized spacial score (nSPS) is 32.3. The molecule has 3 aromatic rings. The van der Waals surface area contributed by atoms with E-state index in [1.807, 2.05) is 24.3 Å². The Balaban J connectivity index is 1.56. The third-order valence-corrected chi connectivity index (χ3v) is 7.31. The van der Waals surface area contributed by atoms with Gasteiger partial charge in [0.25, 0.3) is 0 Å². The van der Waals surface area contributed by atoms with Gasteiger partial charge < -0.3 is 29.9 Å². The monoisotopic (exact) mass is 439 g/mol. The van der Waals surface area contributed by atoms with E-state index in [0.717, 1.165) is 20.5 Å². The van der Waals surface area contributed by atoms with Gasteiger partial charge in [-0.15, -0.1) is 11.3 Å². The Morgan fingerprint density at radius 3 is 2.65 bits per heavy atom. The second-order valence-corrected chi connectivity index (χ2v) is 9.24. The number of aliphatic hydroxyl groups is 4. The molecule has 0 aliphatic carbocycles. The van der Waals surface area contributed by atoms with Crippen molar-refractivity contribution in [3.05, 3.63) is 70.1 Å². The summed E-state index contributed by atoms with van der Waals surface area (Å²) in [5.41, 5.74) is 0.0896. The molecule has 7 nitrogen and oxygen atoms in total. The Morgan fingerprint density at radius 2 is 1.90 bits per heavy atom. The van der Waals surface area contributed by atoms with E-state index in [4.69, 9.17) is 9.47 Å². The molecule has 0 unspecified atom stereocenters. The second-order valence-electron chi connectivity index (χ2n) is 8.07. The van der Waals surface area contributed by atoms with Crippen LogP contribution < -0.4 is 0 Å². The minimum atomic E-state index is -1.75. The van der Waals surface area contributed by atoms with Crippen LogP contribution in [0.25, 0.3) is 10.1 Å². The van der Waals surface area contributed by atoms with Gasteiger partial charge in [-0.3, -0.25) is 0 Å². The Kier molecular flexibility index (Phi) is 4.88. The van der Waals surface area contributed by atoms with Gasteiger partial charge in [-0.25, -0.2) is 0 Å². The van der Waals surface area contributed by atoms with Crippen LogP contribution >= 0.6 is 11.3 Å². The zero-order chi connectivity index (χ0) is 21.8. The summed E-state index contributed by atoms with van der Waals surface area (Å²) >= 11 is 1.64. The molecule has 31 heavy (non-hydrogen) atoms. The van der Waals surface area contributed by atoms with Crippen LogP contribution in [0.4, 0.5) is 0 Å². The Hall–Kier alpha value is -2.35. The molecule has 2 fully saturated rings. The van der Waals surface area contributed by atoms with Gasteiger partial charge >= 0.3 is 0 Å². The molecule has 3 heterocycles. The summed E-state index contributed by atoms with van der Waals surface area (Å²) < 4.78 is 12.9. The van der Waals surface area contributed by atoms with E-state index >= 15 is 0 Å². The lowest BCUT2D eigenvalue weighted by atomic mass is 9.83. The van der Waals surface area contributed by atoms with Crippen molar-refractivity contribution in [2.24, 2.45) is 0 Å². The van der Waals surface area contributed by atoms with Crippen LogP contribution in [0, 0.1) is 11.3 Å². The fourth-order valence-electron chi connectivity index (χ4n) is 4.45. The van der Waals surface area contributed by atoms with Crippen molar-refractivity contribution in [1.29, 1.82) is 5.26 Å². The highest BCUT2D eigenvalue weighted by Gasteiger charge is 2.67. The molecule has 0 radical (unpaired) electrons. The molecule has 0 saturated carbocycles. The van der Waals surface area contributed by atoms with Crippen LogP contribution in [-0.2, 0) is 21.7 Å². The predicted molar refractivity (Wildman–Crippen MR) is 112 cm³/mol. The van der Waals surface area contributed by atoms with Crippen molar-refractivity contribution in [3.8, 4) is 6.07 Å². The molecule has 2 saturated heterocycles. The highest BCUT2D eigenvalue weighted by atomic mass is 32.1. The summed E-state index contributed by atoms with van der Waals surface area (Å²) in [7, 11) is 0. The highest BCUT2D eigenvalue weighted by molar-refractivity contribution is 7.19. The smallest absolute Gasteiger partial charge is 0.225 e. The molecule has 2 bridgehead atoms. The quantitative estimate of drug-likeness (QED) is 0.484. The zero-order valence-corrected chi connectivity index (χ0v) is 17.2. The first-order valence-electron chi connectivity index (χ1n) is 9.92. The fourth-order valence-corrected chi connectivity index (χ4v) is 5.54. The van der Waals surface area contributed by atoms with E-state index < -0.39 is 36.3 Å². The molecule has 160 valence electrons. The van der Waals surface area contributed by atoms with Crippen molar-refractivity contribution in [3.63, 3.8) is 0 Å². The third-order valence-electron chi connectivity index (χ3n) is 6.20. The Labute approximate surface area is 182 Å². The van der Waals surface area contributed by atoms with Crippen molar-refractivity contribution >= 4 is 21.4 Å². The molecule has 5 rings (SSSR count). The van der Waals surface area contributed by atoms with Gasteiger partial charge in [-0.1, -0.05) is 24.3 Å². The average molecular weight is 439 g/mol. The molecular weight excluding hydrogens is 418 g/mol. The standard InChI is InChI=1S/C23H21NO6S/c24-10-14-5-6-16(7-15(14)9-17-8-13-3-1-2-4-18(13)31-17)23-21(28)19(26)20(27)22(11-25,30-23)12-29-23/h1-8,19-21,25-28H,9,11-12H2/t19-,20-,21+,22-,23-/m0/s1. The summed E-state index contributed by atoms with van der Waals surface area (Å²) in [6, 6.07) is 17.3. The maximum atomic E-state index is 10.7. The summed E-state index contributed by atoms with van der Waals surface area (Å²) in [4.78, 5) is 1.07. The lowest BCUT2D eigenvalue weighted by Gasteiger charge is -2.46. The highest BCUT2D eigenvalue weighted by Crippen LogP contribution is 2.49. The first kappa shape index (κ1) is 20.5. The number of nitrogens with zero attached hydrogens (tertiary/aromatic N) is 1. The largest absolute Gasteiger partial charge is 0.393 e. The van der Waals surface area contributed by atoms with Crippen LogP contribution in [-0.4, -0.2) is 57.6 Å². The van der Waals surface area contributed by atoms with Gasteiger partial charge in [0.1, 0.15) is 23.9 Å². The lowest BCUT2D eigenvalue weighted by Crippen LogP contribution is -2.65.